The molecule has 0 spiro atoms. The fourth-order valence-corrected chi connectivity index (χ4v) is 3.85. The van der Waals surface area contributed by atoms with Crippen LogP contribution < -0.4 is 0 Å². The molecule has 2 aliphatic rings. The molecule has 3 heterocycles. The normalized spacial score (nSPS) is 19.3. The van der Waals surface area contributed by atoms with Crippen LogP contribution in [0.3, 0.4) is 0 Å². The second-order valence-electron chi connectivity index (χ2n) is 8.11. The summed E-state index contributed by atoms with van der Waals surface area (Å²) in [6, 6.07) is 6.24. The average molecular weight is 349 g/mol. The second kappa shape index (κ2) is 5.50. The maximum atomic E-state index is 5.74. The Hall–Kier alpha value is -2.50. The summed E-state index contributed by atoms with van der Waals surface area (Å²) in [5.41, 5.74) is 1.79. The van der Waals surface area contributed by atoms with Crippen LogP contribution in [0.2, 0.25) is 0 Å². The van der Waals surface area contributed by atoms with E-state index >= 15 is 0 Å². The molecule has 0 amide bonds. The SMILES string of the molecule is CC(C)(c1nc(C2(c3ccncc3)CCC2)no1)n1ccc(C2CC2)n1. The monoisotopic (exact) mass is 349 g/mol. The molecule has 0 unspecified atom stereocenters. The third kappa shape index (κ3) is 2.31. The fraction of sp³-hybridized carbons (Fsp3) is 0.500. The average Bonchev–Trinajstić information content (AvgIpc) is 3.12. The molecule has 3 aromatic heterocycles. The minimum absolute atomic E-state index is 0.135. The Balaban J connectivity index is 1.49. The molecule has 134 valence electrons. The Morgan fingerprint density at radius 3 is 2.58 bits per heavy atom. The van der Waals surface area contributed by atoms with Gasteiger partial charge in [0.05, 0.1) is 11.1 Å². The van der Waals surface area contributed by atoms with Gasteiger partial charge in [-0.2, -0.15) is 10.1 Å². The van der Waals surface area contributed by atoms with Crippen molar-refractivity contribution in [2.45, 2.75) is 62.8 Å². The van der Waals surface area contributed by atoms with Gasteiger partial charge in [-0.05, 0) is 63.3 Å². The molecule has 0 aromatic carbocycles. The summed E-state index contributed by atoms with van der Waals surface area (Å²) in [7, 11) is 0. The summed E-state index contributed by atoms with van der Waals surface area (Å²) < 4.78 is 7.69. The molecule has 26 heavy (non-hydrogen) atoms. The Morgan fingerprint density at radius 1 is 1.15 bits per heavy atom. The van der Waals surface area contributed by atoms with Crippen molar-refractivity contribution < 1.29 is 4.52 Å². The van der Waals surface area contributed by atoms with E-state index in [1.54, 1.807) is 0 Å². The molecule has 0 bridgehead atoms. The largest absolute Gasteiger partial charge is 0.337 e. The lowest BCUT2D eigenvalue weighted by atomic mass is 9.64. The van der Waals surface area contributed by atoms with Gasteiger partial charge in [0.1, 0.15) is 5.54 Å². The number of rotatable bonds is 5. The van der Waals surface area contributed by atoms with Gasteiger partial charge in [0, 0.05) is 24.5 Å². The number of hydrogen-bond donors (Lipinski definition) is 0. The molecule has 0 radical (unpaired) electrons. The van der Waals surface area contributed by atoms with Crippen molar-refractivity contribution >= 4 is 0 Å². The third-order valence-electron chi connectivity index (χ3n) is 6.00. The summed E-state index contributed by atoms with van der Waals surface area (Å²) in [6.45, 7) is 4.15. The fourth-order valence-electron chi connectivity index (χ4n) is 3.85. The van der Waals surface area contributed by atoms with E-state index < -0.39 is 5.54 Å². The van der Waals surface area contributed by atoms with E-state index in [0.717, 1.165) is 18.7 Å². The zero-order chi connectivity index (χ0) is 17.8. The van der Waals surface area contributed by atoms with E-state index in [2.05, 4.69) is 42.2 Å². The highest BCUT2D eigenvalue weighted by atomic mass is 16.5. The standard InChI is InChI=1S/C20H23N5O/c1-19(2,25-13-8-16(23-25)14-4-5-14)18-22-17(24-26-18)20(9-3-10-20)15-6-11-21-12-7-15/h6-8,11-14H,3-5,9-10H2,1-2H3. The minimum Gasteiger partial charge on any atom is -0.337 e. The van der Waals surface area contributed by atoms with Gasteiger partial charge in [0.15, 0.2) is 5.82 Å². The minimum atomic E-state index is -0.471. The first-order valence-corrected chi connectivity index (χ1v) is 9.41. The number of pyridine rings is 1. The first-order chi connectivity index (χ1) is 12.6. The Kier molecular flexibility index (Phi) is 3.33. The van der Waals surface area contributed by atoms with Crippen LogP contribution in [-0.4, -0.2) is 24.9 Å². The van der Waals surface area contributed by atoms with Gasteiger partial charge in [-0.25, -0.2) is 0 Å². The van der Waals surface area contributed by atoms with Crippen LogP contribution in [0.15, 0.2) is 41.3 Å². The van der Waals surface area contributed by atoms with Crippen LogP contribution in [0, 0.1) is 0 Å². The van der Waals surface area contributed by atoms with Crippen molar-refractivity contribution in [2.24, 2.45) is 0 Å². The lowest BCUT2D eigenvalue weighted by Gasteiger charge is -2.39. The first-order valence-electron chi connectivity index (χ1n) is 9.41. The second-order valence-corrected chi connectivity index (χ2v) is 8.11. The predicted octanol–water partition coefficient (Wildman–Crippen LogP) is 3.79. The van der Waals surface area contributed by atoms with Crippen LogP contribution in [0.5, 0.6) is 0 Å². The Morgan fingerprint density at radius 2 is 1.92 bits per heavy atom. The molecule has 0 saturated heterocycles. The van der Waals surface area contributed by atoms with Gasteiger partial charge in [-0.3, -0.25) is 9.67 Å². The van der Waals surface area contributed by atoms with Crippen LogP contribution in [0.1, 0.15) is 74.8 Å². The van der Waals surface area contributed by atoms with Crippen LogP contribution >= 0.6 is 0 Å². The lowest BCUT2D eigenvalue weighted by Crippen LogP contribution is -2.37. The summed E-state index contributed by atoms with van der Waals surface area (Å²) >= 11 is 0. The Bertz CT molecular complexity index is 919. The highest BCUT2D eigenvalue weighted by Crippen LogP contribution is 2.48. The Labute approximate surface area is 152 Å². The van der Waals surface area contributed by atoms with Gasteiger partial charge in [-0.15, -0.1) is 0 Å². The number of hydrogen-bond acceptors (Lipinski definition) is 5. The van der Waals surface area contributed by atoms with Crippen molar-refractivity contribution in [3.8, 4) is 0 Å². The van der Waals surface area contributed by atoms with Crippen LogP contribution in [0.4, 0.5) is 0 Å². The number of nitrogens with zero attached hydrogens (tertiary/aromatic N) is 5. The summed E-state index contributed by atoms with van der Waals surface area (Å²) in [5.74, 6) is 2.03. The van der Waals surface area contributed by atoms with Crippen molar-refractivity contribution in [3.63, 3.8) is 0 Å². The summed E-state index contributed by atoms with van der Waals surface area (Å²) in [6.07, 6.45) is 11.5. The third-order valence-corrected chi connectivity index (χ3v) is 6.00. The van der Waals surface area contributed by atoms with E-state index in [1.807, 2.05) is 23.3 Å². The number of aromatic nitrogens is 5. The van der Waals surface area contributed by atoms with Gasteiger partial charge < -0.3 is 4.52 Å². The molecule has 2 saturated carbocycles. The van der Waals surface area contributed by atoms with Crippen molar-refractivity contribution in [2.75, 3.05) is 0 Å². The highest BCUT2D eigenvalue weighted by molar-refractivity contribution is 5.34. The first kappa shape index (κ1) is 15.7. The van der Waals surface area contributed by atoms with Crippen molar-refractivity contribution in [1.82, 2.24) is 24.9 Å². The molecule has 5 rings (SSSR count). The lowest BCUT2D eigenvalue weighted by molar-refractivity contribution is 0.248. The van der Waals surface area contributed by atoms with Gasteiger partial charge >= 0.3 is 0 Å². The summed E-state index contributed by atoms with van der Waals surface area (Å²) in [5, 5.41) is 9.15. The van der Waals surface area contributed by atoms with Crippen LogP contribution in [-0.2, 0) is 11.0 Å². The van der Waals surface area contributed by atoms with E-state index in [0.29, 0.717) is 11.8 Å². The van der Waals surface area contributed by atoms with Crippen LogP contribution in [0.25, 0.3) is 0 Å². The van der Waals surface area contributed by atoms with E-state index in [4.69, 9.17) is 14.6 Å². The molecule has 0 atom stereocenters. The predicted molar refractivity (Wildman–Crippen MR) is 95.8 cm³/mol. The van der Waals surface area contributed by atoms with Crippen molar-refractivity contribution in [1.29, 1.82) is 0 Å². The maximum Gasteiger partial charge on any atom is 0.254 e. The zero-order valence-electron chi connectivity index (χ0n) is 15.2. The quantitative estimate of drug-likeness (QED) is 0.701. The maximum absolute atomic E-state index is 5.74. The zero-order valence-corrected chi connectivity index (χ0v) is 15.2. The molecule has 2 aliphatic carbocycles. The van der Waals surface area contributed by atoms with Gasteiger partial charge in [0.2, 0.25) is 0 Å². The topological polar surface area (TPSA) is 69.6 Å². The van der Waals surface area contributed by atoms with E-state index in [1.165, 1.54) is 30.5 Å². The highest BCUT2D eigenvalue weighted by Gasteiger charge is 2.45. The molecule has 6 nitrogen and oxygen atoms in total. The van der Waals surface area contributed by atoms with Gasteiger partial charge in [-0.1, -0.05) is 11.6 Å². The summed E-state index contributed by atoms with van der Waals surface area (Å²) in [4.78, 5) is 8.98. The van der Waals surface area contributed by atoms with E-state index in [-0.39, 0.29) is 5.41 Å². The van der Waals surface area contributed by atoms with Gasteiger partial charge in [0.25, 0.3) is 5.89 Å². The smallest absolute Gasteiger partial charge is 0.254 e. The van der Waals surface area contributed by atoms with Crippen molar-refractivity contribution in [3.05, 3.63) is 59.8 Å². The molecule has 6 heteroatoms. The molecular weight excluding hydrogens is 326 g/mol. The van der Waals surface area contributed by atoms with E-state index in [9.17, 15) is 0 Å². The molecule has 0 N–H and O–H groups in total. The molecule has 3 aromatic rings. The molecule has 0 aliphatic heterocycles. The molecular formula is C20H23N5O. The molecule has 2 fully saturated rings.